The van der Waals surface area contributed by atoms with Crippen LogP contribution in [0.25, 0.3) is 6.08 Å². The number of hydrogen-bond donors (Lipinski definition) is 1. The van der Waals surface area contributed by atoms with Gasteiger partial charge in [0.1, 0.15) is 0 Å². The number of carboxylic acids is 1. The first-order valence-electron chi connectivity index (χ1n) is 7.12. The second-order valence-corrected chi connectivity index (χ2v) is 4.65. The lowest BCUT2D eigenvalue weighted by molar-refractivity contribution is -0.132. The zero-order valence-corrected chi connectivity index (χ0v) is 15.1. The van der Waals surface area contributed by atoms with Crippen LogP contribution < -0.4 is 5.43 Å². The van der Waals surface area contributed by atoms with Gasteiger partial charge >= 0.3 is 5.97 Å². The van der Waals surface area contributed by atoms with E-state index in [4.69, 9.17) is 5.11 Å². The smallest absolute Gasteiger partial charge is 0.330 e. The van der Waals surface area contributed by atoms with Crippen LogP contribution in [0, 0.1) is 0 Å². The van der Waals surface area contributed by atoms with E-state index in [0.717, 1.165) is 6.42 Å². The summed E-state index contributed by atoms with van der Waals surface area (Å²) in [7, 11) is 5.61. The van der Waals surface area contributed by atoms with Crippen molar-refractivity contribution in [2.45, 2.75) is 19.8 Å². The molecule has 0 unspecified atom stereocenters. The van der Waals surface area contributed by atoms with E-state index in [2.05, 4.69) is 24.1 Å². The molecule has 0 aliphatic heterocycles. The lowest BCUT2D eigenvalue weighted by Gasteiger charge is -2.23. The third-order valence-corrected chi connectivity index (χ3v) is 2.88. The molecule has 1 radical (unpaired) electrons. The standard InChI is InChI=1S/C11H16N3.C6H10O2.ClH/c1-12-14(3)13(2)10-9-11-7-5-4-6-8-11;1-3-4-5(2)6(7)8;/h4-10H,1-3H3;2-4H2,1H3,(H,7,8);1H. The molecule has 1 aromatic carbocycles. The maximum Gasteiger partial charge on any atom is 0.330 e. The maximum absolute atomic E-state index is 9.99. The molecule has 6 heteroatoms. The van der Waals surface area contributed by atoms with Crippen LogP contribution in [0.4, 0.5) is 0 Å². The second-order valence-electron chi connectivity index (χ2n) is 4.65. The van der Waals surface area contributed by atoms with E-state index in [1.165, 1.54) is 5.56 Å². The lowest BCUT2D eigenvalue weighted by Crippen LogP contribution is -2.36. The first-order valence-corrected chi connectivity index (χ1v) is 7.12. The van der Waals surface area contributed by atoms with Crippen LogP contribution in [0.2, 0.25) is 0 Å². The first kappa shape index (κ1) is 23.4. The van der Waals surface area contributed by atoms with E-state index >= 15 is 0 Å². The van der Waals surface area contributed by atoms with Crippen molar-refractivity contribution in [1.82, 2.24) is 15.6 Å². The monoisotopic (exact) mass is 340 g/mol. The molecule has 5 nitrogen and oxygen atoms in total. The molecule has 0 aliphatic rings. The third-order valence-electron chi connectivity index (χ3n) is 2.88. The summed E-state index contributed by atoms with van der Waals surface area (Å²) < 4.78 is 0. The van der Waals surface area contributed by atoms with Gasteiger partial charge in [0.25, 0.3) is 0 Å². The summed E-state index contributed by atoms with van der Waals surface area (Å²) in [6, 6.07) is 10.2. The highest BCUT2D eigenvalue weighted by Gasteiger charge is 1.99. The van der Waals surface area contributed by atoms with Crippen molar-refractivity contribution in [3.05, 3.63) is 54.2 Å². The molecule has 1 aromatic rings. The molecular formula is C17H27ClN3O2. The Balaban J connectivity index is 0. The minimum atomic E-state index is -0.883. The van der Waals surface area contributed by atoms with Crippen LogP contribution in [-0.4, -0.2) is 42.3 Å². The highest BCUT2D eigenvalue weighted by atomic mass is 35.5. The van der Waals surface area contributed by atoms with Crippen molar-refractivity contribution in [3.63, 3.8) is 0 Å². The van der Waals surface area contributed by atoms with Gasteiger partial charge in [-0.2, -0.15) is 0 Å². The van der Waals surface area contributed by atoms with Crippen LogP contribution in [-0.2, 0) is 4.79 Å². The molecule has 129 valence electrons. The van der Waals surface area contributed by atoms with Gasteiger partial charge in [-0.05, 0) is 18.1 Å². The van der Waals surface area contributed by atoms with Crippen molar-refractivity contribution in [2.24, 2.45) is 0 Å². The summed E-state index contributed by atoms with van der Waals surface area (Å²) in [6.45, 7) is 5.27. The Kier molecular flexibility index (Phi) is 14.1. The van der Waals surface area contributed by atoms with Gasteiger partial charge in [-0.25, -0.2) is 4.79 Å². The molecule has 0 saturated carbocycles. The van der Waals surface area contributed by atoms with Crippen LogP contribution in [0.5, 0.6) is 0 Å². The van der Waals surface area contributed by atoms with Crippen LogP contribution >= 0.6 is 12.4 Å². The second kappa shape index (κ2) is 13.8. The minimum Gasteiger partial charge on any atom is -0.478 e. The normalized spacial score (nSPS) is 9.78. The molecule has 0 aromatic heterocycles. The maximum atomic E-state index is 9.99. The van der Waals surface area contributed by atoms with E-state index in [9.17, 15) is 4.79 Å². The summed E-state index contributed by atoms with van der Waals surface area (Å²) in [4.78, 5) is 9.99. The molecule has 0 spiro atoms. The number of halogens is 1. The van der Waals surface area contributed by atoms with Crippen molar-refractivity contribution in [3.8, 4) is 0 Å². The number of nitrogens with zero attached hydrogens (tertiary/aromatic N) is 3. The molecule has 1 N–H and O–H groups in total. The van der Waals surface area contributed by atoms with Crippen molar-refractivity contribution in [1.29, 1.82) is 0 Å². The lowest BCUT2D eigenvalue weighted by atomic mass is 10.2. The van der Waals surface area contributed by atoms with Crippen LogP contribution in [0.1, 0.15) is 25.3 Å². The fraction of sp³-hybridized carbons (Fsp3) is 0.353. The predicted molar refractivity (Wildman–Crippen MR) is 98.0 cm³/mol. The number of hydrogen-bond acceptors (Lipinski definition) is 3. The Bertz CT molecular complexity index is 478. The first-order chi connectivity index (χ1) is 10.4. The van der Waals surface area contributed by atoms with Gasteiger partial charge in [0.05, 0.1) is 0 Å². The Labute approximate surface area is 145 Å². The van der Waals surface area contributed by atoms with Gasteiger partial charge < -0.3 is 10.1 Å². The van der Waals surface area contributed by atoms with E-state index in [1.807, 2.05) is 56.5 Å². The average molecular weight is 341 g/mol. The molecule has 0 aliphatic carbocycles. The number of benzene rings is 1. The molecule has 23 heavy (non-hydrogen) atoms. The molecule has 1 rings (SSSR count). The summed E-state index contributed by atoms with van der Waals surface area (Å²) in [5.74, 6) is -0.883. The van der Waals surface area contributed by atoms with Crippen molar-refractivity contribution in [2.75, 3.05) is 21.1 Å². The van der Waals surface area contributed by atoms with Crippen LogP contribution in [0.3, 0.4) is 0 Å². The molecular weight excluding hydrogens is 314 g/mol. The minimum absolute atomic E-state index is 0. The Morgan fingerprint density at radius 3 is 2.26 bits per heavy atom. The van der Waals surface area contributed by atoms with Crippen molar-refractivity contribution >= 4 is 24.5 Å². The predicted octanol–water partition coefficient (Wildman–Crippen LogP) is 3.43. The summed E-state index contributed by atoms with van der Waals surface area (Å²) in [5.41, 5.74) is 5.49. The molecule has 0 amide bonds. The van der Waals surface area contributed by atoms with Crippen LogP contribution in [0.15, 0.2) is 48.7 Å². The third kappa shape index (κ3) is 11.4. The summed E-state index contributed by atoms with van der Waals surface area (Å²) in [6.07, 6.45) is 5.46. The van der Waals surface area contributed by atoms with Gasteiger partial charge in [0.15, 0.2) is 0 Å². The average Bonchev–Trinajstić information content (AvgIpc) is 2.53. The molecule has 0 fully saturated rings. The van der Waals surface area contributed by atoms with Gasteiger partial charge in [-0.3, -0.25) is 0 Å². The van der Waals surface area contributed by atoms with E-state index in [0.29, 0.717) is 12.0 Å². The highest BCUT2D eigenvalue weighted by Crippen LogP contribution is 2.02. The zero-order valence-electron chi connectivity index (χ0n) is 14.3. The number of carboxylic acid groups (broad SMARTS) is 1. The molecule has 0 atom stereocenters. The Morgan fingerprint density at radius 1 is 1.30 bits per heavy atom. The number of rotatable bonds is 7. The fourth-order valence-corrected chi connectivity index (χ4v) is 1.40. The number of hydrazine groups is 1. The fourth-order valence-electron chi connectivity index (χ4n) is 1.40. The zero-order chi connectivity index (χ0) is 17.0. The van der Waals surface area contributed by atoms with E-state index in [-0.39, 0.29) is 12.4 Å². The van der Waals surface area contributed by atoms with Gasteiger partial charge in [0.2, 0.25) is 0 Å². The van der Waals surface area contributed by atoms with Gasteiger partial charge in [0, 0.05) is 32.9 Å². The SMILES string of the molecule is C=C(CCC)C(=O)O.C[N]N(C)N(C)C=Cc1ccccc1.Cl. The number of carbonyl (C=O) groups is 1. The van der Waals surface area contributed by atoms with Crippen molar-refractivity contribution < 1.29 is 9.90 Å². The highest BCUT2D eigenvalue weighted by molar-refractivity contribution is 5.85. The van der Waals surface area contributed by atoms with Gasteiger partial charge in [-0.15, -0.1) is 23.0 Å². The van der Waals surface area contributed by atoms with E-state index < -0.39 is 5.97 Å². The Hall–Kier alpha value is -1.82. The quantitative estimate of drug-likeness (QED) is 0.610. The summed E-state index contributed by atoms with van der Waals surface area (Å²) in [5, 5.41) is 11.9. The number of aliphatic carboxylic acids is 1. The molecule has 0 saturated heterocycles. The Morgan fingerprint density at radius 2 is 1.87 bits per heavy atom. The topological polar surface area (TPSA) is 57.9 Å². The summed E-state index contributed by atoms with van der Waals surface area (Å²) >= 11 is 0. The molecule has 0 bridgehead atoms. The van der Waals surface area contributed by atoms with Gasteiger partial charge in [-0.1, -0.05) is 50.3 Å². The van der Waals surface area contributed by atoms with E-state index in [1.54, 1.807) is 12.2 Å². The molecule has 0 heterocycles. The largest absolute Gasteiger partial charge is 0.478 e.